The van der Waals surface area contributed by atoms with Crippen molar-refractivity contribution in [1.82, 2.24) is 9.38 Å². The number of halogens is 1. The lowest BCUT2D eigenvalue weighted by molar-refractivity contribution is 1.11. The van der Waals surface area contributed by atoms with Crippen LogP contribution in [-0.4, -0.2) is 9.38 Å². The standard InChI is InChI=1S/C15H13ClN2/c1-11-4-3-7-18-10-14(17-15(11)18)9-12-5-2-6-13(16)8-12/h2-8,10H,9H2,1H3. The van der Waals surface area contributed by atoms with Crippen LogP contribution in [0.4, 0.5) is 0 Å². The fraction of sp³-hybridized carbons (Fsp3) is 0.133. The number of pyridine rings is 1. The molecule has 0 aliphatic heterocycles. The van der Waals surface area contributed by atoms with Crippen LogP contribution in [0, 0.1) is 6.92 Å². The van der Waals surface area contributed by atoms with E-state index in [9.17, 15) is 0 Å². The second kappa shape index (κ2) is 4.46. The van der Waals surface area contributed by atoms with E-state index >= 15 is 0 Å². The summed E-state index contributed by atoms with van der Waals surface area (Å²) in [5.41, 5.74) is 4.46. The van der Waals surface area contributed by atoms with Crippen LogP contribution in [0.25, 0.3) is 5.65 Å². The monoisotopic (exact) mass is 256 g/mol. The predicted octanol–water partition coefficient (Wildman–Crippen LogP) is 3.89. The Balaban J connectivity index is 1.98. The van der Waals surface area contributed by atoms with E-state index in [4.69, 9.17) is 11.6 Å². The highest BCUT2D eigenvalue weighted by molar-refractivity contribution is 6.30. The van der Waals surface area contributed by atoms with Crippen molar-refractivity contribution in [2.45, 2.75) is 13.3 Å². The van der Waals surface area contributed by atoms with Gasteiger partial charge in [-0.15, -0.1) is 0 Å². The number of imidazole rings is 1. The zero-order valence-electron chi connectivity index (χ0n) is 10.1. The van der Waals surface area contributed by atoms with Crippen LogP contribution in [0.15, 0.2) is 48.8 Å². The third-order valence-electron chi connectivity index (χ3n) is 3.00. The first kappa shape index (κ1) is 11.3. The van der Waals surface area contributed by atoms with Crippen molar-refractivity contribution >= 4 is 17.2 Å². The third-order valence-corrected chi connectivity index (χ3v) is 3.24. The van der Waals surface area contributed by atoms with Gasteiger partial charge in [-0.3, -0.25) is 0 Å². The smallest absolute Gasteiger partial charge is 0.139 e. The van der Waals surface area contributed by atoms with E-state index in [0.29, 0.717) is 0 Å². The second-order valence-electron chi connectivity index (χ2n) is 4.46. The molecule has 0 aliphatic carbocycles. The van der Waals surface area contributed by atoms with Gasteiger partial charge < -0.3 is 4.40 Å². The maximum Gasteiger partial charge on any atom is 0.139 e. The number of hydrogen-bond acceptors (Lipinski definition) is 1. The SMILES string of the molecule is Cc1cccn2cc(Cc3cccc(Cl)c3)nc12. The highest BCUT2D eigenvalue weighted by Gasteiger charge is 2.04. The molecule has 0 radical (unpaired) electrons. The lowest BCUT2D eigenvalue weighted by Crippen LogP contribution is -1.87. The Morgan fingerprint density at radius 1 is 1.22 bits per heavy atom. The Labute approximate surface area is 111 Å². The number of fused-ring (bicyclic) bond motifs is 1. The molecule has 0 spiro atoms. The molecule has 3 aromatic rings. The number of rotatable bonds is 2. The van der Waals surface area contributed by atoms with Crippen LogP contribution in [0.3, 0.4) is 0 Å². The van der Waals surface area contributed by atoms with E-state index in [1.165, 1.54) is 11.1 Å². The van der Waals surface area contributed by atoms with Crippen molar-refractivity contribution in [3.05, 3.63) is 70.6 Å². The highest BCUT2D eigenvalue weighted by Crippen LogP contribution is 2.16. The fourth-order valence-electron chi connectivity index (χ4n) is 2.15. The molecule has 0 fully saturated rings. The van der Waals surface area contributed by atoms with Crippen molar-refractivity contribution in [3.63, 3.8) is 0 Å². The normalized spacial score (nSPS) is 11.0. The van der Waals surface area contributed by atoms with E-state index in [1.807, 2.05) is 30.5 Å². The number of nitrogens with zero attached hydrogens (tertiary/aromatic N) is 2. The van der Waals surface area contributed by atoms with Crippen molar-refractivity contribution in [2.75, 3.05) is 0 Å². The molecule has 0 bridgehead atoms. The molecular formula is C15H13ClN2. The predicted molar refractivity (Wildman–Crippen MR) is 74.2 cm³/mol. The van der Waals surface area contributed by atoms with Crippen LogP contribution in [-0.2, 0) is 6.42 Å². The average Bonchev–Trinajstić information content (AvgIpc) is 2.73. The van der Waals surface area contributed by atoms with Crippen LogP contribution in [0.5, 0.6) is 0 Å². The summed E-state index contributed by atoms with van der Waals surface area (Å²) in [6, 6.07) is 12.0. The van der Waals surface area contributed by atoms with Gasteiger partial charge in [0, 0.05) is 23.8 Å². The minimum atomic E-state index is 0.771. The lowest BCUT2D eigenvalue weighted by atomic mass is 10.1. The van der Waals surface area contributed by atoms with Gasteiger partial charge in [0.15, 0.2) is 0 Å². The van der Waals surface area contributed by atoms with Crippen LogP contribution < -0.4 is 0 Å². The van der Waals surface area contributed by atoms with Crippen molar-refractivity contribution in [2.24, 2.45) is 0 Å². The van der Waals surface area contributed by atoms with Gasteiger partial charge in [0.1, 0.15) is 5.65 Å². The maximum absolute atomic E-state index is 5.99. The summed E-state index contributed by atoms with van der Waals surface area (Å²) in [7, 11) is 0. The van der Waals surface area contributed by atoms with Gasteiger partial charge in [-0.05, 0) is 36.2 Å². The molecule has 18 heavy (non-hydrogen) atoms. The number of aryl methyl sites for hydroxylation is 1. The summed E-state index contributed by atoms with van der Waals surface area (Å²) >= 11 is 5.99. The molecular weight excluding hydrogens is 244 g/mol. The summed E-state index contributed by atoms with van der Waals surface area (Å²) in [6.45, 7) is 2.07. The third kappa shape index (κ3) is 2.12. The average molecular weight is 257 g/mol. The van der Waals surface area contributed by atoms with Crippen LogP contribution in [0.1, 0.15) is 16.8 Å². The first-order valence-corrected chi connectivity index (χ1v) is 6.28. The molecule has 0 atom stereocenters. The molecule has 0 aliphatic rings. The summed E-state index contributed by atoms with van der Waals surface area (Å²) in [5.74, 6) is 0. The maximum atomic E-state index is 5.99. The first-order valence-electron chi connectivity index (χ1n) is 5.90. The Bertz CT molecular complexity index is 701. The highest BCUT2D eigenvalue weighted by atomic mass is 35.5. The molecule has 2 nitrogen and oxygen atoms in total. The summed E-state index contributed by atoms with van der Waals surface area (Å²) in [5, 5.41) is 0.771. The fourth-order valence-corrected chi connectivity index (χ4v) is 2.36. The van der Waals surface area contributed by atoms with Crippen molar-refractivity contribution in [3.8, 4) is 0 Å². The van der Waals surface area contributed by atoms with Crippen molar-refractivity contribution < 1.29 is 0 Å². The molecule has 1 aromatic carbocycles. The van der Waals surface area contributed by atoms with Crippen molar-refractivity contribution in [1.29, 1.82) is 0 Å². The van der Waals surface area contributed by atoms with Gasteiger partial charge in [0.25, 0.3) is 0 Å². The van der Waals surface area contributed by atoms with Gasteiger partial charge >= 0.3 is 0 Å². The van der Waals surface area contributed by atoms with Crippen LogP contribution >= 0.6 is 11.6 Å². The first-order chi connectivity index (χ1) is 8.72. The summed E-state index contributed by atoms with van der Waals surface area (Å²) in [4.78, 5) is 4.66. The summed E-state index contributed by atoms with van der Waals surface area (Å²) < 4.78 is 2.06. The zero-order chi connectivity index (χ0) is 12.5. The Morgan fingerprint density at radius 3 is 2.89 bits per heavy atom. The molecule has 0 saturated carbocycles. The van der Waals surface area contributed by atoms with E-state index in [-0.39, 0.29) is 0 Å². The zero-order valence-corrected chi connectivity index (χ0v) is 10.9. The van der Waals surface area contributed by atoms with Gasteiger partial charge in [0.2, 0.25) is 0 Å². The second-order valence-corrected chi connectivity index (χ2v) is 4.90. The Hall–Kier alpha value is -1.80. The van der Waals surface area contributed by atoms with Crippen LogP contribution in [0.2, 0.25) is 5.02 Å². The summed E-state index contributed by atoms with van der Waals surface area (Å²) in [6.07, 6.45) is 4.90. The minimum absolute atomic E-state index is 0.771. The van der Waals surface area contributed by atoms with Gasteiger partial charge in [0.05, 0.1) is 5.69 Å². The molecule has 3 heteroatoms. The Kier molecular flexibility index (Phi) is 2.80. The number of hydrogen-bond donors (Lipinski definition) is 0. The molecule has 0 unspecified atom stereocenters. The largest absolute Gasteiger partial charge is 0.307 e. The van der Waals surface area contributed by atoms with E-state index < -0.39 is 0 Å². The van der Waals surface area contributed by atoms with Gasteiger partial charge in [-0.2, -0.15) is 0 Å². The van der Waals surface area contributed by atoms with E-state index in [1.54, 1.807) is 0 Å². The van der Waals surface area contributed by atoms with E-state index in [0.717, 1.165) is 22.8 Å². The van der Waals surface area contributed by atoms with Gasteiger partial charge in [-0.25, -0.2) is 4.98 Å². The molecule has 3 rings (SSSR count). The molecule has 0 saturated heterocycles. The topological polar surface area (TPSA) is 17.3 Å². The molecule has 0 amide bonds. The Morgan fingerprint density at radius 2 is 2.11 bits per heavy atom. The molecule has 2 aromatic heterocycles. The quantitative estimate of drug-likeness (QED) is 0.680. The van der Waals surface area contributed by atoms with E-state index in [2.05, 4.69) is 34.6 Å². The minimum Gasteiger partial charge on any atom is -0.307 e. The molecule has 90 valence electrons. The van der Waals surface area contributed by atoms with Gasteiger partial charge in [-0.1, -0.05) is 29.8 Å². The molecule has 2 heterocycles. The lowest BCUT2D eigenvalue weighted by Gasteiger charge is -1.98. The number of aromatic nitrogens is 2. The molecule has 0 N–H and O–H groups in total. The number of benzene rings is 1.